The highest BCUT2D eigenvalue weighted by Gasteiger charge is 2.05. The Balaban J connectivity index is 2.14. The summed E-state index contributed by atoms with van der Waals surface area (Å²) in [7, 11) is 0. The van der Waals surface area contributed by atoms with Crippen molar-refractivity contribution in [2.45, 2.75) is 33.6 Å². The number of carbonyl (C=O) groups excluding carboxylic acids is 2. The summed E-state index contributed by atoms with van der Waals surface area (Å²) in [5, 5.41) is 5.24. The summed E-state index contributed by atoms with van der Waals surface area (Å²) in [6, 6.07) is 5.79. The lowest BCUT2D eigenvalue weighted by atomic mass is 10.1. The summed E-state index contributed by atoms with van der Waals surface area (Å²) < 4.78 is 10.4. The van der Waals surface area contributed by atoms with Crippen molar-refractivity contribution in [2.75, 3.05) is 26.3 Å². The molecule has 0 fully saturated rings. The molecule has 0 heterocycles. The number of aryl methyl sites for hydroxylation is 2. The van der Waals surface area contributed by atoms with Gasteiger partial charge in [0, 0.05) is 13.1 Å². The number of benzene rings is 1. The molecule has 0 saturated heterocycles. The molecule has 0 aliphatic carbocycles. The summed E-state index contributed by atoms with van der Waals surface area (Å²) in [4.78, 5) is 22.9. The average molecular weight is 322 g/mol. The molecule has 2 N–H and O–H groups in total. The van der Waals surface area contributed by atoms with Crippen LogP contribution in [0.3, 0.4) is 0 Å². The summed E-state index contributed by atoms with van der Waals surface area (Å²) in [5.41, 5.74) is 2.14. The average Bonchev–Trinajstić information content (AvgIpc) is 2.51. The van der Waals surface area contributed by atoms with E-state index in [4.69, 9.17) is 9.47 Å². The molecule has 6 heteroatoms. The molecular weight excluding hydrogens is 296 g/mol. The molecule has 128 valence electrons. The zero-order chi connectivity index (χ0) is 17.1. The van der Waals surface area contributed by atoms with Crippen LogP contribution in [0.1, 0.15) is 30.9 Å². The number of carbonyl (C=O) groups is 2. The Morgan fingerprint density at radius 3 is 2.57 bits per heavy atom. The molecule has 1 aromatic carbocycles. The zero-order valence-electron chi connectivity index (χ0n) is 14.1. The Morgan fingerprint density at radius 1 is 1.13 bits per heavy atom. The molecule has 2 amide bonds. The van der Waals surface area contributed by atoms with Gasteiger partial charge < -0.3 is 20.1 Å². The molecule has 0 saturated carbocycles. The quantitative estimate of drug-likeness (QED) is 0.684. The molecule has 0 aromatic heterocycles. The van der Waals surface area contributed by atoms with Crippen molar-refractivity contribution in [3.05, 3.63) is 29.3 Å². The highest BCUT2D eigenvalue weighted by atomic mass is 16.5. The van der Waals surface area contributed by atoms with Gasteiger partial charge in [-0.1, -0.05) is 31.0 Å². The van der Waals surface area contributed by atoms with Gasteiger partial charge in [0.15, 0.2) is 6.61 Å². The van der Waals surface area contributed by atoms with Gasteiger partial charge in [-0.15, -0.1) is 0 Å². The maximum absolute atomic E-state index is 11.7. The molecule has 0 unspecified atom stereocenters. The van der Waals surface area contributed by atoms with Gasteiger partial charge in [-0.25, -0.2) is 4.79 Å². The predicted octanol–water partition coefficient (Wildman–Crippen LogP) is 2.32. The minimum Gasteiger partial charge on any atom is -0.484 e. The molecule has 0 aliphatic heterocycles. The Bertz CT molecular complexity index is 517. The van der Waals surface area contributed by atoms with Gasteiger partial charge in [0.25, 0.3) is 5.91 Å². The van der Waals surface area contributed by atoms with Gasteiger partial charge in [-0.3, -0.25) is 4.79 Å². The van der Waals surface area contributed by atoms with E-state index in [-0.39, 0.29) is 12.5 Å². The first-order valence-corrected chi connectivity index (χ1v) is 7.90. The maximum Gasteiger partial charge on any atom is 0.407 e. The molecule has 0 radical (unpaired) electrons. The summed E-state index contributed by atoms with van der Waals surface area (Å²) >= 11 is 0. The van der Waals surface area contributed by atoms with Crippen LogP contribution in [-0.4, -0.2) is 38.3 Å². The highest BCUT2D eigenvalue weighted by Crippen LogP contribution is 2.18. The zero-order valence-corrected chi connectivity index (χ0v) is 14.1. The maximum atomic E-state index is 11.7. The van der Waals surface area contributed by atoms with Gasteiger partial charge >= 0.3 is 6.09 Å². The lowest BCUT2D eigenvalue weighted by Crippen LogP contribution is -2.37. The number of unbranched alkanes of at least 4 members (excludes halogenated alkanes) is 1. The first-order valence-electron chi connectivity index (χ1n) is 7.90. The molecule has 0 bridgehead atoms. The molecule has 1 rings (SSSR count). The second-order valence-electron chi connectivity index (χ2n) is 5.32. The van der Waals surface area contributed by atoms with Gasteiger partial charge in [0.2, 0.25) is 0 Å². The van der Waals surface area contributed by atoms with Crippen molar-refractivity contribution in [2.24, 2.45) is 0 Å². The molecule has 23 heavy (non-hydrogen) atoms. The third kappa shape index (κ3) is 8.09. The largest absolute Gasteiger partial charge is 0.484 e. The lowest BCUT2D eigenvalue weighted by Gasteiger charge is -2.10. The summed E-state index contributed by atoms with van der Waals surface area (Å²) in [6.45, 7) is 6.98. The number of alkyl carbamates (subject to hydrolysis) is 1. The number of rotatable bonds is 9. The van der Waals surface area contributed by atoms with E-state index in [9.17, 15) is 9.59 Å². The fourth-order valence-corrected chi connectivity index (χ4v) is 1.88. The van der Waals surface area contributed by atoms with Crippen LogP contribution < -0.4 is 15.4 Å². The molecule has 0 aliphatic rings. The van der Waals surface area contributed by atoms with Crippen LogP contribution in [0.15, 0.2) is 18.2 Å². The van der Waals surface area contributed by atoms with Gasteiger partial charge in [-0.05, 0) is 31.9 Å². The standard InChI is InChI=1S/C17H26N2O4/c1-4-5-10-22-17(21)19-9-8-18-16(20)12-23-15-7-6-13(2)11-14(15)3/h6-7,11H,4-5,8-10,12H2,1-3H3,(H,18,20)(H,19,21). The minimum absolute atomic E-state index is 0.0507. The van der Waals surface area contributed by atoms with Gasteiger partial charge in [0.1, 0.15) is 5.75 Å². The van der Waals surface area contributed by atoms with Gasteiger partial charge in [0.05, 0.1) is 6.61 Å². The second kappa shape index (κ2) is 10.5. The smallest absolute Gasteiger partial charge is 0.407 e. The Hall–Kier alpha value is -2.24. The second-order valence-corrected chi connectivity index (χ2v) is 5.32. The van der Waals surface area contributed by atoms with E-state index in [1.165, 1.54) is 0 Å². The first-order chi connectivity index (χ1) is 11.0. The first kappa shape index (κ1) is 18.8. The number of hydrogen-bond donors (Lipinski definition) is 2. The van der Waals surface area contributed by atoms with Crippen LogP contribution in [0.2, 0.25) is 0 Å². The van der Waals surface area contributed by atoms with E-state index in [0.717, 1.165) is 24.0 Å². The fourth-order valence-electron chi connectivity index (χ4n) is 1.88. The minimum atomic E-state index is -0.459. The number of hydrogen-bond acceptors (Lipinski definition) is 4. The van der Waals surface area contributed by atoms with Crippen molar-refractivity contribution in [1.29, 1.82) is 0 Å². The number of ether oxygens (including phenoxy) is 2. The Morgan fingerprint density at radius 2 is 1.87 bits per heavy atom. The van der Waals surface area contributed by atoms with E-state index >= 15 is 0 Å². The lowest BCUT2D eigenvalue weighted by molar-refractivity contribution is -0.123. The molecule has 0 spiro atoms. The highest BCUT2D eigenvalue weighted by molar-refractivity contribution is 5.77. The molecular formula is C17H26N2O4. The van der Waals surface area contributed by atoms with Crippen LogP contribution in [0, 0.1) is 13.8 Å². The fraction of sp³-hybridized carbons (Fsp3) is 0.529. The van der Waals surface area contributed by atoms with Crippen LogP contribution in [0.4, 0.5) is 4.79 Å². The van der Waals surface area contributed by atoms with E-state index in [2.05, 4.69) is 10.6 Å². The Labute approximate surface area is 137 Å². The third-order valence-electron chi connectivity index (χ3n) is 3.14. The SMILES string of the molecule is CCCCOC(=O)NCCNC(=O)COc1ccc(C)cc1C. The van der Waals surface area contributed by atoms with Crippen molar-refractivity contribution >= 4 is 12.0 Å². The monoisotopic (exact) mass is 322 g/mol. The third-order valence-corrected chi connectivity index (χ3v) is 3.14. The van der Waals surface area contributed by atoms with Crippen LogP contribution >= 0.6 is 0 Å². The Kier molecular flexibility index (Phi) is 8.57. The summed E-state index contributed by atoms with van der Waals surface area (Å²) in [6.07, 6.45) is 1.36. The van der Waals surface area contributed by atoms with Crippen molar-refractivity contribution in [3.63, 3.8) is 0 Å². The number of amides is 2. The topological polar surface area (TPSA) is 76.7 Å². The van der Waals surface area contributed by atoms with Crippen LogP contribution in [0.5, 0.6) is 5.75 Å². The van der Waals surface area contributed by atoms with E-state index in [0.29, 0.717) is 25.4 Å². The van der Waals surface area contributed by atoms with E-state index in [1.54, 1.807) is 0 Å². The van der Waals surface area contributed by atoms with Crippen LogP contribution in [-0.2, 0) is 9.53 Å². The normalized spacial score (nSPS) is 10.0. The van der Waals surface area contributed by atoms with Gasteiger partial charge in [-0.2, -0.15) is 0 Å². The molecule has 6 nitrogen and oxygen atoms in total. The van der Waals surface area contributed by atoms with Crippen molar-refractivity contribution in [1.82, 2.24) is 10.6 Å². The molecule has 1 aromatic rings. The van der Waals surface area contributed by atoms with Crippen molar-refractivity contribution < 1.29 is 19.1 Å². The molecule has 0 atom stereocenters. The van der Waals surface area contributed by atoms with E-state index in [1.807, 2.05) is 39.0 Å². The number of nitrogens with one attached hydrogen (secondary N) is 2. The van der Waals surface area contributed by atoms with E-state index < -0.39 is 6.09 Å². The predicted molar refractivity (Wildman–Crippen MR) is 88.7 cm³/mol. The van der Waals surface area contributed by atoms with Crippen LogP contribution in [0.25, 0.3) is 0 Å². The van der Waals surface area contributed by atoms with Crippen molar-refractivity contribution in [3.8, 4) is 5.75 Å². The summed E-state index contributed by atoms with van der Waals surface area (Å²) in [5.74, 6) is 0.467.